The minimum atomic E-state index is -4.35. The van der Waals surface area contributed by atoms with Crippen molar-refractivity contribution in [1.29, 1.82) is 0 Å². The van der Waals surface area contributed by atoms with E-state index in [1.165, 1.54) is 10.9 Å². The van der Waals surface area contributed by atoms with Crippen LogP contribution in [0.3, 0.4) is 0 Å². The van der Waals surface area contributed by atoms with E-state index in [-0.39, 0.29) is 67.0 Å². The van der Waals surface area contributed by atoms with Gasteiger partial charge in [-0.1, -0.05) is 0 Å². The summed E-state index contributed by atoms with van der Waals surface area (Å²) in [6, 6.07) is 0. The number of rotatable bonds is 5. The first-order chi connectivity index (χ1) is 13.8. The van der Waals surface area contributed by atoms with Gasteiger partial charge in [0.15, 0.2) is 21.2 Å². The number of nitrogens with zero attached hydrogens (tertiary/aromatic N) is 4. The topological polar surface area (TPSA) is 175 Å². The Balaban J connectivity index is 0.00000256. The molecule has 30 heavy (non-hydrogen) atoms. The Morgan fingerprint density at radius 3 is 2.77 bits per heavy atom. The number of aliphatic hydroxyl groups excluding tert-OH is 2. The molecule has 2 aromatic rings. The second-order valence-corrected chi connectivity index (χ2v) is 9.26. The van der Waals surface area contributed by atoms with E-state index in [4.69, 9.17) is 14.0 Å². The zero-order valence-corrected chi connectivity index (χ0v) is 20.9. The average Bonchev–Trinajstić information content (AvgIpc) is 3.18. The Morgan fingerprint density at radius 1 is 1.37 bits per heavy atom. The molecule has 160 valence electrons. The molecule has 16 heteroatoms. The number of hydrogen-bond donors (Lipinski definition) is 3. The first-order valence-electron chi connectivity index (χ1n) is 8.71. The van der Waals surface area contributed by atoms with Crippen LogP contribution in [0, 0.1) is 3.83 Å². The van der Waals surface area contributed by atoms with Crippen LogP contribution in [0.5, 0.6) is 0 Å². The third-order valence-electron chi connectivity index (χ3n) is 4.77. The van der Waals surface area contributed by atoms with Gasteiger partial charge < -0.3 is 34.1 Å². The molecule has 0 saturated carbocycles. The van der Waals surface area contributed by atoms with Gasteiger partial charge in [-0.3, -0.25) is 13.9 Å². The molecule has 0 radical (unpaired) electrons. The van der Waals surface area contributed by atoms with Gasteiger partial charge in [-0.15, -0.1) is 0 Å². The molecule has 1 unspecified atom stereocenters. The van der Waals surface area contributed by atoms with E-state index in [9.17, 15) is 24.5 Å². The van der Waals surface area contributed by atoms with Gasteiger partial charge in [0, 0.05) is 35.7 Å². The number of aliphatic hydroxyl groups is 2. The van der Waals surface area contributed by atoms with Gasteiger partial charge in [0.1, 0.15) is 18.3 Å². The molecule has 0 bridgehead atoms. The number of ether oxygens (including phenoxy) is 2. The van der Waals surface area contributed by atoms with E-state index >= 15 is 0 Å². The van der Waals surface area contributed by atoms with E-state index in [0.717, 1.165) is 4.67 Å². The molecule has 4 heterocycles. The van der Waals surface area contributed by atoms with Crippen LogP contribution in [0.1, 0.15) is 6.23 Å². The molecule has 2 fully saturated rings. The predicted octanol–water partition coefficient (Wildman–Crippen LogP) is -4.84. The van der Waals surface area contributed by atoms with Gasteiger partial charge in [-0.2, -0.15) is 0 Å². The van der Waals surface area contributed by atoms with Gasteiger partial charge >= 0.3 is 29.6 Å². The summed E-state index contributed by atoms with van der Waals surface area (Å²) in [5.41, 5.74) is -0.241. The Morgan fingerprint density at radius 2 is 2.07 bits per heavy atom. The number of fused-ring (bicyclic) bond motifs is 1. The van der Waals surface area contributed by atoms with Crippen molar-refractivity contribution in [2.24, 2.45) is 0 Å². The fourth-order valence-corrected chi connectivity index (χ4v) is 5.14. The quantitative estimate of drug-likeness (QED) is 0.137. The van der Waals surface area contributed by atoms with Gasteiger partial charge in [0.05, 0.1) is 26.1 Å². The maximum absolute atomic E-state index is 12.3. The van der Waals surface area contributed by atoms with Crippen molar-refractivity contribution >= 4 is 41.5 Å². The molecule has 0 spiro atoms. The third-order valence-corrected chi connectivity index (χ3v) is 7.10. The monoisotopic (exact) mass is 565 g/mol. The average molecular weight is 565 g/mol. The Bertz CT molecular complexity index is 1000. The third kappa shape index (κ3) is 4.70. The fraction of sp³-hybridized carbons (Fsp3) is 0.643. The van der Waals surface area contributed by atoms with Crippen LogP contribution in [0.2, 0.25) is 0 Å². The van der Waals surface area contributed by atoms with Crippen LogP contribution in [0.25, 0.3) is 11.2 Å². The van der Waals surface area contributed by atoms with Crippen molar-refractivity contribution in [3.8, 4) is 0 Å². The second-order valence-electron chi connectivity index (χ2n) is 6.53. The Labute approximate surface area is 205 Å². The van der Waals surface area contributed by atoms with E-state index in [0.29, 0.717) is 3.83 Å². The number of halogens is 1. The van der Waals surface area contributed by atoms with Crippen molar-refractivity contribution in [2.75, 3.05) is 32.9 Å². The molecular formula is C14H18IN5NaO8P. The van der Waals surface area contributed by atoms with Crippen LogP contribution in [0.15, 0.2) is 11.1 Å². The Hall–Kier alpha value is 0.0300. The van der Waals surface area contributed by atoms with E-state index < -0.39 is 44.5 Å². The molecule has 5 atom stereocenters. The minimum absolute atomic E-state index is 0. The number of morpholine rings is 1. The molecule has 13 nitrogen and oxygen atoms in total. The van der Waals surface area contributed by atoms with Gasteiger partial charge in [0.2, 0.25) is 7.75 Å². The molecule has 2 aromatic heterocycles. The molecule has 2 saturated heterocycles. The van der Waals surface area contributed by atoms with Crippen LogP contribution >= 0.6 is 30.3 Å². The van der Waals surface area contributed by atoms with Crippen molar-refractivity contribution in [3.63, 3.8) is 0 Å². The molecule has 3 N–H and O–H groups in total. The van der Waals surface area contributed by atoms with Crippen LogP contribution < -0.4 is 40.0 Å². The summed E-state index contributed by atoms with van der Waals surface area (Å²) >= 11 is 1.85. The molecule has 2 aliphatic rings. The zero-order chi connectivity index (χ0) is 20.8. The SMILES string of the molecule is O=c1[nH]cnc2c1nc(I)n2[C@@H]1O[C@H](COP(=O)([O-])N2CCOCC2)[C@@H](O)[C@H]1O.[Na+]. The largest absolute Gasteiger partial charge is 1.00 e. The number of imidazole rings is 1. The smallest absolute Gasteiger partial charge is 0.766 e. The number of aromatic amines is 1. The molecular weight excluding hydrogens is 547 g/mol. The van der Waals surface area contributed by atoms with Gasteiger partial charge in [-0.25, -0.2) is 14.6 Å². The van der Waals surface area contributed by atoms with Crippen LogP contribution in [-0.4, -0.2) is 85.6 Å². The van der Waals surface area contributed by atoms with Crippen molar-refractivity contribution in [2.45, 2.75) is 24.5 Å². The zero-order valence-electron chi connectivity index (χ0n) is 15.9. The van der Waals surface area contributed by atoms with Crippen molar-refractivity contribution < 1.29 is 63.2 Å². The van der Waals surface area contributed by atoms with Crippen molar-refractivity contribution in [1.82, 2.24) is 24.2 Å². The maximum atomic E-state index is 12.3. The predicted molar refractivity (Wildman–Crippen MR) is 103 cm³/mol. The molecule has 4 rings (SSSR count). The summed E-state index contributed by atoms with van der Waals surface area (Å²) in [6.07, 6.45) is -3.88. The summed E-state index contributed by atoms with van der Waals surface area (Å²) in [4.78, 5) is 34.8. The standard InChI is InChI=1S/C14H19IN5O8P.Na/c15-14-18-8-11(16-6-17-12(8)23)20(14)13-10(22)9(21)7(28-13)5-27-29(24,25)19-1-3-26-4-2-19;/h6-7,9-10,13,21-22H,1-5H2,(H,24,25)(H,16,17,23);/q;+1/p-1/t7-,9-,10-,13-;/m1./s1. The summed E-state index contributed by atoms with van der Waals surface area (Å²) in [5.74, 6) is 0. The number of H-pyrrole nitrogens is 1. The van der Waals surface area contributed by atoms with Crippen molar-refractivity contribution in [3.05, 3.63) is 20.5 Å². The fourth-order valence-electron chi connectivity index (χ4n) is 3.25. The first kappa shape index (κ1) is 24.7. The summed E-state index contributed by atoms with van der Waals surface area (Å²) in [7, 11) is -4.35. The number of hydrogen-bond acceptors (Lipinski definition) is 10. The van der Waals surface area contributed by atoms with Gasteiger partial charge in [-0.05, 0) is 0 Å². The molecule has 0 aromatic carbocycles. The second kappa shape index (κ2) is 9.89. The van der Waals surface area contributed by atoms with Gasteiger partial charge in [0.25, 0.3) is 5.56 Å². The summed E-state index contributed by atoms with van der Waals surface area (Å²) < 4.78 is 31.0. The van der Waals surface area contributed by atoms with Crippen LogP contribution in [0.4, 0.5) is 0 Å². The summed E-state index contributed by atoms with van der Waals surface area (Å²) in [6.45, 7) is 0.428. The van der Waals surface area contributed by atoms with E-state index in [1.54, 1.807) is 0 Å². The minimum Gasteiger partial charge on any atom is -0.766 e. The maximum Gasteiger partial charge on any atom is 1.00 e. The summed E-state index contributed by atoms with van der Waals surface area (Å²) in [5, 5.41) is 20.8. The molecule has 0 amide bonds. The molecule has 2 aliphatic heterocycles. The number of nitrogens with one attached hydrogen (secondary N) is 1. The van der Waals surface area contributed by atoms with Crippen LogP contribution in [-0.2, 0) is 18.6 Å². The first-order valence-corrected chi connectivity index (χ1v) is 11.3. The Kier molecular flexibility index (Phi) is 8.13. The normalized spacial score (nSPS) is 29.6. The number of aromatic nitrogens is 4. The molecule has 0 aliphatic carbocycles. The van der Waals surface area contributed by atoms with E-state index in [2.05, 4.69) is 15.0 Å². The van der Waals surface area contributed by atoms with E-state index in [1.807, 2.05) is 22.6 Å².